The highest BCUT2D eigenvalue weighted by atomic mass is 35.5. The van der Waals surface area contributed by atoms with E-state index in [1.165, 1.54) is 0 Å². The molecule has 1 N–H and O–H groups in total. The standard InChI is InChI=1S/C10H8ClNO2/c1-14-10-7-5-8(11)9(13)4-6(7)2-3-12-10/h2-5,13H,1H3. The third-order valence-electron chi connectivity index (χ3n) is 1.99. The van der Waals surface area contributed by atoms with Crippen molar-refractivity contribution in [2.24, 2.45) is 0 Å². The van der Waals surface area contributed by atoms with Crippen molar-refractivity contribution in [1.82, 2.24) is 4.98 Å². The number of hydrogen-bond acceptors (Lipinski definition) is 3. The molecule has 0 fully saturated rings. The highest BCUT2D eigenvalue weighted by molar-refractivity contribution is 6.32. The highest BCUT2D eigenvalue weighted by Gasteiger charge is 2.06. The topological polar surface area (TPSA) is 42.4 Å². The first kappa shape index (κ1) is 9.09. The number of aromatic nitrogens is 1. The Bertz CT molecular complexity index is 485. The number of phenols is 1. The van der Waals surface area contributed by atoms with Crippen molar-refractivity contribution in [3.05, 3.63) is 29.4 Å². The summed E-state index contributed by atoms with van der Waals surface area (Å²) in [6.45, 7) is 0. The monoisotopic (exact) mass is 209 g/mol. The van der Waals surface area contributed by atoms with Gasteiger partial charge in [0.25, 0.3) is 0 Å². The summed E-state index contributed by atoms with van der Waals surface area (Å²) in [5.74, 6) is 0.566. The zero-order chi connectivity index (χ0) is 10.1. The number of fused-ring (bicyclic) bond motifs is 1. The Labute approximate surface area is 85.9 Å². The maximum atomic E-state index is 9.39. The molecule has 0 unspecified atom stereocenters. The molecular weight excluding hydrogens is 202 g/mol. The van der Waals surface area contributed by atoms with Crippen LogP contribution in [0.4, 0.5) is 0 Å². The third kappa shape index (κ3) is 1.36. The first-order chi connectivity index (χ1) is 6.72. The van der Waals surface area contributed by atoms with Gasteiger partial charge in [0.15, 0.2) is 0 Å². The fourth-order valence-corrected chi connectivity index (χ4v) is 1.48. The summed E-state index contributed by atoms with van der Waals surface area (Å²) in [6, 6.07) is 5.01. The number of rotatable bonds is 1. The smallest absolute Gasteiger partial charge is 0.221 e. The summed E-state index contributed by atoms with van der Waals surface area (Å²) >= 11 is 5.78. The van der Waals surface area contributed by atoms with E-state index in [9.17, 15) is 5.11 Å². The van der Waals surface area contributed by atoms with Crippen LogP contribution in [0.15, 0.2) is 24.4 Å². The molecule has 0 bridgehead atoms. The number of pyridine rings is 1. The Balaban J connectivity index is 2.81. The summed E-state index contributed by atoms with van der Waals surface area (Å²) in [7, 11) is 1.54. The minimum atomic E-state index is 0.0624. The molecule has 0 radical (unpaired) electrons. The summed E-state index contributed by atoms with van der Waals surface area (Å²) in [6.07, 6.45) is 1.62. The van der Waals surface area contributed by atoms with Crippen LogP contribution in [0.5, 0.6) is 11.6 Å². The normalized spacial score (nSPS) is 10.4. The van der Waals surface area contributed by atoms with Crippen LogP contribution in [0.2, 0.25) is 5.02 Å². The molecule has 72 valence electrons. The second kappa shape index (κ2) is 3.35. The van der Waals surface area contributed by atoms with Crippen LogP contribution in [0, 0.1) is 0 Å². The molecule has 3 nitrogen and oxygen atoms in total. The van der Waals surface area contributed by atoms with Crippen LogP contribution in [0.3, 0.4) is 0 Å². The third-order valence-corrected chi connectivity index (χ3v) is 2.29. The van der Waals surface area contributed by atoms with Crippen molar-refractivity contribution in [3.8, 4) is 11.6 Å². The van der Waals surface area contributed by atoms with Crippen molar-refractivity contribution in [3.63, 3.8) is 0 Å². The average Bonchev–Trinajstić information content (AvgIpc) is 2.19. The molecule has 4 heteroatoms. The van der Waals surface area contributed by atoms with E-state index in [1.807, 2.05) is 0 Å². The zero-order valence-corrected chi connectivity index (χ0v) is 8.25. The molecule has 0 aliphatic carbocycles. The first-order valence-electron chi connectivity index (χ1n) is 4.03. The highest BCUT2D eigenvalue weighted by Crippen LogP contribution is 2.32. The maximum absolute atomic E-state index is 9.39. The van der Waals surface area contributed by atoms with Gasteiger partial charge in [-0.15, -0.1) is 0 Å². The molecule has 1 heterocycles. The summed E-state index contributed by atoms with van der Waals surface area (Å²) < 4.78 is 5.07. The minimum absolute atomic E-state index is 0.0624. The van der Waals surface area contributed by atoms with Gasteiger partial charge in [-0.1, -0.05) is 11.6 Å². The second-order valence-electron chi connectivity index (χ2n) is 2.84. The van der Waals surface area contributed by atoms with Gasteiger partial charge in [0.1, 0.15) is 5.75 Å². The summed E-state index contributed by atoms with van der Waals surface area (Å²) in [4.78, 5) is 4.03. The van der Waals surface area contributed by atoms with Gasteiger partial charge < -0.3 is 9.84 Å². The summed E-state index contributed by atoms with van der Waals surface area (Å²) in [5, 5.41) is 11.3. The van der Waals surface area contributed by atoms with Crippen LogP contribution in [0.1, 0.15) is 0 Å². The lowest BCUT2D eigenvalue weighted by atomic mass is 10.1. The fraction of sp³-hybridized carbons (Fsp3) is 0.100. The van der Waals surface area contributed by atoms with E-state index in [1.54, 1.807) is 31.5 Å². The number of methoxy groups -OCH3 is 1. The Kier molecular flexibility index (Phi) is 2.17. The van der Waals surface area contributed by atoms with Gasteiger partial charge in [-0.25, -0.2) is 4.98 Å². The van der Waals surface area contributed by atoms with E-state index in [4.69, 9.17) is 16.3 Å². The lowest BCUT2D eigenvalue weighted by Crippen LogP contribution is -1.88. The van der Waals surface area contributed by atoms with Crippen LogP contribution >= 0.6 is 11.6 Å². The molecule has 0 aliphatic heterocycles. The Morgan fingerprint density at radius 2 is 2.21 bits per heavy atom. The number of hydrogen-bond donors (Lipinski definition) is 1. The molecule has 1 aromatic carbocycles. The van der Waals surface area contributed by atoms with Crippen molar-refractivity contribution in [2.75, 3.05) is 7.11 Å². The molecule has 2 rings (SSSR count). The number of benzene rings is 1. The molecule has 0 saturated heterocycles. The fourth-order valence-electron chi connectivity index (χ4n) is 1.32. The maximum Gasteiger partial charge on any atom is 0.221 e. The molecule has 2 aromatic rings. The van der Waals surface area contributed by atoms with Crippen molar-refractivity contribution >= 4 is 22.4 Å². The van der Waals surface area contributed by atoms with E-state index in [-0.39, 0.29) is 5.75 Å². The van der Waals surface area contributed by atoms with Crippen LogP contribution in [-0.2, 0) is 0 Å². The van der Waals surface area contributed by atoms with Gasteiger partial charge in [-0.2, -0.15) is 0 Å². The van der Waals surface area contributed by atoms with Crippen LogP contribution < -0.4 is 4.74 Å². The number of halogens is 1. The predicted octanol–water partition coefficient (Wildman–Crippen LogP) is 2.60. The number of ether oxygens (including phenoxy) is 1. The van der Waals surface area contributed by atoms with E-state index >= 15 is 0 Å². The molecule has 0 atom stereocenters. The molecule has 0 aliphatic rings. The lowest BCUT2D eigenvalue weighted by molar-refractivity contribution is 0.403. The second-order valence-corrected chi connectivity index (χ2v) is 3.25. The number of phenolic OH excluding ortho intramolecular Hbond substituents is 1. The lowest BCUT2D eigenvalue weighted by Gasteiger charge is -2.05. The van der Waals surface area contributed by atoms with Gasteiger partial charge in [0.2, 0.25) is 5.88 Å². The molecule has 14 heavy (non-hydrogen) atoms. The van der Waals surface area contributed by atoms with Crippen LogP contribution in [0.25, 0.3) is 10.8 Å². The van der Waals surface area contributed by atoms with Gasteiger partial charge >= 0.3 is 0 Å². The summed E-state index contributed by atoms with van der Waals surface area (Å²) in [5.41, 5.74) is 0. The van der Waals surface area contributed by atoms with E-state index in [0.717, 1.165) is 10.8 Å². The van der Waals surface area contributed by atoms with E-state index < -0.39 is 0 Å². The van der Waals surface area contributed by atoms with Gasteiger partial charge in [-0.05, 0) is 23.6 Å². The van der Waals surface area contributed by atoms with Gasteiger partial charge in [0.05, 0.1) is 12.1 Å². The van der Waals surface area contributed by atoms with E-state index in [2.05, 4.69) is 4.98 Å². The zero-order valence-electron chi connectivity index (χ0n) is 7.49. The van der Waals surface area contributed by atoms with E-state index in [0.29, 0.717) is 10.9 Å². The Morgan fingerprint density at radius 1 is 1.43 bits per heavy atom. The molecule has 1 aromatic heterocycles. The largest absolute Gasteiger partial charge is 0.506 e. The van der Waals surface area contributed by atoms with Crippen LogP contribution in [-0.4, -0.2) is 17.2 Å². The quantitative estimate of drug-likeness (QED) is 0.785. The van der Waals surface area contributed by atoms with Crippen molar-refractivity contribution in [1.29, 1.82) is 0 Å². The first-order valence-corrected chi connectivity index (χ1v) is 4.41. The minimum Gasteiger partial charge on any atom is -0.506 e. The Morgan fingerprint density at radius 3 is 2.93 bits per heavy atom. The average molecular weight is 210 g/mol. The van der Waals surface area contributed by atoms with Crippen molar-refractivity contribution < 1.29 is 9.84 Å². The number of aromatic hydroxyl groups is 1. The van der Waals surface area contributed by atoms with Gasteiger partial charge in [0, 0.05) is 11.6 Å². The SMILES string of the molecule is COc1nccc2cc(O)c(Cl)cc12. The van der Waals surface area contributed by atoms with Gasteiger partial charge in [-0.3, -0.25) is 0 Å². The molecule has 0 saturated carbocycles. The predicted molar refractivity (Wildman–Crippen MR) is 55.0 cm³/mol. The molecule has 0 spiro atoms. The van der Waals surface area contributed by atoms with Crippen molar-refractivity contribution in [2.45, 2.75) is 0 Å². The Hall–Kier alpha value is -1.48. The molecular formula is C10H8ClNO2. The number of nitrogens with zero attached hydrogens (tertiary/aromatic N) is 1. The molecule has 0 amide bonds.